The van der Waals surface area contributed by atoms with E-state index in [4.69, 9.17) is 9.47 Å². The number of ether oxygens (including phenoxy) is 2. The number of aromatic nitrogens is 2. The largest absolute Gasteiger partial charge is 0.450 e. The molecule has 16 heavy (non-hydrogen) atoms. The molecule has 1 aliphatic rings. The Kier molecular flexibility index (Phi) is 3.97. The van der Waals surface area contributed by atoms with Gasteiger partial charge in [-0.3, -0.25) is 0 Å². The molecule has 0 unspecified atom stereocenters. The van der Waals surface area contributed by atoms with E-state index >= 15 is 0 Å². The third-order valence-corrected chi connectivity index (χ3v) is 2.89. The van der Waals surface area contributed by atoms with Gasteiger partial charge in [-0.1, -0.05) is 5.92 Å². The van der Waals surface area contributed by atoms with E-state index in [0.717, 1.165) is 31.4 Å². The van der Waals surface area contributed by atoms with Gasteiger partial charge < -0.3 is 14.4 Å². The number of nitrogens with zero attached hydrogens (tertiary/aromatic N) is 3. The maximum atomic E-state index is 5.27. The Bertz CT molecular complexity index is 390. The van der Waals surface area contributed by atoms with Gasteiger partial charge in [0.1, 0.15) is 0 Å². The summed E-state index contributed by atoms with van der Waals surface area (Å²) in [4.78, 5) is 6.45. The normalized spacial score (nSPS) is 15.4. The maximum Gasteiger partial charge on any atom is 0.331 e. The van der Waals surface area contributed by atoms with Crippen molar-refractivity contribution in [1.82, 2.24) is 9.36 Å². The van der Waals surface area contributed by atoms with Crippen LogP contribution in [-0.2, 0) is 4.74 Å². The van der Waals surface area contributed by atoms with E-state index < -0.39 is 0 Å². The van der Waals surface area contributed by atoms with Crippen LogP contribution in [0.4, 0.5) is 5.13 Å². The summed E-state index contributed by atoms with van der Waals surface area (Å²) in [6.45, 7) is 5.34. The van der Waals surface area contributed by atoms with Gasteiger partial charge in [0.25, 0.3) is 0 Å². The first-order valence-corrected chi connectivity index (χ1v) is 5.86. The fourth-order valence-electron chi connectivity index (χ4n) is 1.32. The molecule has 2 heterocycles. The van der Waals surface area contributed by atoms with E-state index in [1.54, 1.807) is 6.92 Å². The van der Waals surface area contributed by atoms with Crippen molar-refractivity contribution in [2.24, 2.45) is 0 Å². The Labute approximate surface area is 98.6 Å². The highest BCUT2D eigenvalue weighted by atomic mass is 32.1. The second-order valence-electron chi connectivity index (χ2n) is 3.17. The predicted molar refractivity (Wildman–Crippen MR) is 61.9 cm³/mol. The fourth-order valence-corrected chi connectivity index (χ4v) is 1.99. The summed E-state index contributed by atoms with van der Waals surface area (Å²) < 4.78 is 14.7. The van der Waals surface area contributed by atoms with Gasteiger partial charge in [-0.2, -0.15) is 4.98 Å². The molecule has 1 saturated heterocycles. The molecule has 86 valence electrons. The minimum atomic E-state index is 0.343. The molecule has 0 aliphatic carbocycles. The van der Waals surface area contributed by atoms with Crippen molar-refractivity contribution in [3.63, 3.8) is 0 Å². The van der Waals surface area contributed by atoms with Crippen LogP contribution in [0.3, 0.4) is 0 Å². The Morgan fingerprint density at radius 1 is 1.50 bits per heavy atom. The summed E-state index contributed by atoms with van der Waals surface area (Å²) in [5.74, 6) is 5.56. The van der Waals surface area contributed by atoms with Crippen LogP contribution >= 0.6 is 11.5 Å². The molecular weight excluding hydrogens is 226 g/mol. The van der Waals surface area contributed by atoms with Crippen LogP contribution in [0.2, 0.25) is 0 Å². The average molecular weight is 239 g/mol. The molecule has 0 radical (unpaired) electrons. The first-order chi connectivity index (χ1) is 7.90. The van der Waals surface area contributed by atoms with Crippen LogP contribution in [0.1, 0.15) is 6.92 Å². The molecule has 0 spiro atoms. The second kappa shape index (κ2) is 5.68. The van der Waals surface area contributed by atoms with Gasteiger partial charge in [-0.05, 0) is 6.92 Å². The molecule has 5 nitrogen and oxygen atoms in total. The third kappa shape index (κ3) is 2.84. The zero-order chi connectivity index (χ0) is 11.2. The summed E-state index contributed by atoms with van der Waals surface area (Å²) >= 11 is 1.35. The Hall–Kier alpha value is -1.32. The Balaban J connectivity index is 1.92. The summed E-state index contributed by atoms with van der Waals surface area (Å²) in [5, 5.41) is 0.891. The molecular formula is C10H13N3O2S. The van der Waals surface area contributed by atoms with E-state index in [0.29, 0.717) is 12.6 Å². The second-order valence-corrected chi connectivity index (χ2v) is 3.90. The molecule has 0 saturated carbocycles. The summed E-state index contributed by atoms with van der Waals surface area (Å²) in [6, 6.07) is 0.411. The van der Waals surface area contributed by atoms with Crippen LogP contribution in [-0.4, -0.2) is 42.3 Å². The van der Waals surface area contributed by atoms with Gasteiger partial charge in [0.2, 0.25) is 5.13 Å². The summed E-state index contributed by atoms with van der Waals surface area (Å²) in [5.41, 5.74) is 0. The number of anilines is 1. The van der Waals surface area contributed by atoms with Crippen molar-refractivity contribution in [3.8, 4) is 17.9 Å². The standard InChI is InChI=1S/C10H13N3O2S/c1-2-3-6-15-9-11-10(16-12-9)13-4-7-14-8-5-13/h4-8H2,1H3. The topological polar surface area (TPSA) is 47.5 Å². The monoisotopic (exact) mass is 239 g/mol. The maximum absolute atomic E-state index is 5.27. The number of hydrogen-bond donors (Lipinski definition) is 0. The fraction of sp³-hybridized carbons (Fsp3) is 0.600. The van der Waals surface area contributed by atoms with Gasteiger partial charge in [0.15, 0.2) is 6.61 Å². The molecule has 1 aliphatic heterocycles. The van der Waals surface area contributed by atoms with Gasteiger partial charge >= 0.3 is 6.01 Å². The minimum Gasteiger partial charge on any atom is -0.450 e. The van der Waals surface area contributed by atoms with Gasteiger partial charge in [-0.15, -0.1) is 10.3 Å². The van der Waals surface area contributed by atoms with Crippen LogP contribution < -0.4 is 9.64 Å². The van der Waals surface area contributed by atoms with Crippen molar-refractivity contribution in [2.75, 3.05) is 37.8 Å². The van der Waals surface area contributed by atoms with Crippen LogP contribution in [0.5, 0.6) is 6.01 Å². The molecule has 0 amide bonds. The van der Waals surface area contributed by atoms with E-state index in [1.807, 2.05) is 0 Å². The van der Waals surface area contributed by atoms with Crippen molar-refractivity contribution in [2.45, 2.75) is 6.92 Å². The van der Waals surface area contributed by atoms with E-state index in [9.17, 15) is 0 Å². The zero-order valence-electron chi connectivity index (χ0n) is 9.10. The molecule has 0 atom stereocenters. The first kappa shape index (κ1) is 11.2. The van der Waals surface area contributed by atoms with Crippen molar-refractivity contribution < 1.29 is 9.47 Å². The Morgan fingerprint density at radius 3 is 3.06 bits per heavy atom. The quantitative estimate of drug-likeness (QED) is 0.729. The smallest absolute Gasteiger partial charge is 0.331 e. The third-order valence-electron chi connectivity index (χ3n) is 2.13. The molecule has 2 rings (SSSR count). The van der Waals surface area contributed by atoms with Crippen LogP contribution in [0.15, 0.2) is 0 Å². The van der Waals surface area contributed by atoms with Crippen LogP contribution in [0, 0.1) is 11.8 Å². The van der Waals surface area contributed by atoms with Crippen LogP contribution in [0.25, 0.3) is 0 Å². The molecule has 6 heteroatoms. The highest BCUT2D eigenvalue weighted by Crippen LogP contribution is 2.21. The van der Waals surface area contributed by atoms with Gasteiger partial charge in [0, 0.05) is 24.6 Å². The van der Waals surface area contributed by atoms with E-state index in [2.05, 4.69) is 26.1 Å². The SMILES string of the molecule is CC#CCOc1nsc(N2CCOCC2)n1. The lowest BCUT2D eigenvalue weighted by molar-refractivity contribution is 0.122. The predicted octanol–water partition coefficient (Wildman–Crippen LogP) is 0.777. The van der Waals surface area contributed by atoms with Gasteiger partial charge in [-0.25, -0.2) is 0 Å². The lowest BCUT2D eigenvalue weighted by Crippen LogP contribution is -2.36. The molecule has 0 N–H and O–H groups in total. The van der Waals surface area contributed by atoms with E-state index in [-0.39, 0.29) is 0 Å². The lowest BCUT2D eigenvalue weighted by Gasteiger charge is -2.25. The number of morpholine rings is 1. The van der Waals surface area contributed by atoms with Gasteiger partial charge in [0.05, 0.1) is 13.2 Å². The zero-order valence-corrected chi connectivity index (χ0v) is 9.92. The van der Waals surface area contributed by atoms with Crippen molar-refractivity contribution >= 4 is 16.7 Å². The minimum absolute atomic E-state index is 0.343. The molecule has 0 bridgehead atoms. The number of rotatable bonds is 3. The van der Waals surface area contributed by atoms with Crippen molar-refractivity contribution in [3.05, 3.63) is 0 Å². The first-order valence-electron chi connectivity index (χ1n) is 5.09. The molecule has 1 aromatic rings. The highest BCUT2D eigenvalue weighted by molar-refractivity contribution is 7.09. The van der Waals surface area contributed by atoms with Crippen molar-refractivity contribution in [1.29, 1.82) is 0 Å². The summed E-state index contributed by atoms with van der Waals surface area (Å²) in [6.07, 6.45) is 0. The average Bonchev–Trinajstić information content (AvgIpc) is 2.79. The highest BCUT2D eigenvalue weighted by Gasteiger charge is 2.15. The number of hydrogen-bond acceptors (Lipinski definition) is 6. The molecule has 1 aromatic heterocycles. The Morgan fingerprint density at radius 2 is 2.31 bits per heavy atom. The molecule has 1 fully saturated rings. The lowest BCUT2D eigenvalue weighted by atomic mass is 10.5. The van der Waals surface area contributed by atoms with E-state index in [1.165, 1.54) is 11.5 Å². The summed E-state index contributed by atoms with van der Waals surface area (Å²) in [7, 11) is 0. The molecule has 0 aromatic carbocycles.